The van der Waals surface area contributed by atoms with Crippen LogP contribution in [0.5, 0.6) is 0 Å². The van der Waals surface area contributed by atoms with Crippen LogP contribution in [-0.2, 0) is 6.54 Å². The van der Waals surface area contributed by atoms with Crippen molar-refractivity contribution in [2.75, 3.05) is 0 Å². The predicted molar refractivity (Wildman–Crippen MR) is 214 cm³/mol. The minimum atomic E-state index is -2.18. The average Bonchev–Trinajstić information content (AvgIpc) is 3.79. The minimum Gasteiger partial charge on any atom is -0.437 e. The SMILES string of the molecule is [2H]C([2H])([2H])c1ccc(-c2nc3oc4c(-c5nc6ccccc6n5Cc5c(-c6ccccc6)cccc5-c5ccccc5)cccc4c3c3ccccc23)cc1. The fourth-order valence-corrected chi connectivity index (χ4v) is 7.67. The Hall–Kier alpha value is -6.78. The molecule has 0 N–H and O–H groups in total. The van der Waals surface area contributed by atoms with Crippen LogP contribution < -0.4 is 0 Å². The van der Waals surface area contributed by atoms with Gasteiger partial charge in [-0.15, -0.1) is 0 Å². The van der Waals surface area contributed by atoms with E-state index in [4.69, 9.17) is 18.5 Å². The zero-order valence-corrected chi connectivity index (χ0v) is 28.1. The Morgan fingerprint density at radius 3 is 1.88 bits per heavy atom. The first-order valence-electron chi connectivity index (χ1n) is 19.0. The molecule has 4 nitrogen and oxygen atoms in total. The summed E-state index contributed by atoms with van der Waals surface area (Å²) in [6.07, 6.45) is 0. The van der Waals surface area contributed by atoms with Gasteiger partial charge in [0.2, 0.25) is 5.71 Å². The molecule has 4 heteroatoms. The number of pyridine rings is 1. The lowest BCUT2D eigenvalue weighted by Crippen LogP contribution is -2.06. The van der Waals surface area contributed by atoms with Crippen LogP contribution in [0.4, 0.5) is 0 Å². The summed E-state index contributed by atoms with van der Waals surface area (Å²) in [7, 11) is 0. The van der Waals surface area contributed by atoms with E-state index >= 15 is 0 Å². The summed E-state index contributed by atoms with van der Waals surface area (Å²) in [5, 5.41) is 3.85. The summed E-state index contributed by atoms with van der Waals surface area (Å²) in [5.41, 5.74) is 11.7. The average molecular weight is 671 g/mol. The van der Waals surface area contributed by atoms with E-state index in [0.29, 0.717) is 23.4 Å². The van der Waals surface area contributed by atoms with Crippen molar-refractivity contribution in [2.45, 2.75) is 13.4 Å². The summed E-state index contributed by atoms with van der Waals surface area (Å²) >= 11 is 0. The van der Waals surface area contributed by atoms with Gasteiger partial charge in [-0.25, -0.2) is 9.97 Å². The van der Waals surface area contributed by atoms with Gasteiger partial charge in [0.05, 0.1) is 34.2 Å². The van der Waals surface area contributed by atoms with E-state index in [-0.39, 0.29) is 0 Å². The quantitative estimate of drug-likeness (QED) is 0.177. The third-order valence-electron chi connectivity index (χ3n) is 10.1. The van der Waals surface area contributed by atoms with Gasteiger partial charge >= 0.3 is 0 Å². The molecule has 246 valence electrons. The van der Waals surface area contributed by atoms with Crippen molar-refractivity contribution in [3.05, 3.63) is 181 Å². The van der Waals surface area contributed by atoms with Crippen molar-refractivity contribution in [1.29, 1.82) is 0 Å². The molecule has 0 aliphatic rings. The monoisotopic (exact) mass is 670 g/mol. The van der Waals surface area contributed by atoms with Crippen LogP contribution in [0.3, 0.4) is 0 Å². The van der Waals surface area contributed by atoms with Crippen LogP contribution in [0, 0.1) is 6.85 Å². The van der Waals surface area contributed by atoms with E-state index in [1.807, 2.05) is 30.3 Å². The predicted octanol–water partition coefficient (Wildman–Crippen LogP) is 12.5. The second-order valence-electron chi connectivity index (χ2n) is 13.1. The molecular formula is C48H33N3O. The molecule has 0 atom stereocenters. The molecule has 0 unspecified atom stereocenters. The molecular weight excluding hydrogens is 635 g/mol. The zero-order valence-electron chi connectivity index (χ0n) is 31.1. The first kappa shape index (κ1) is 27.0. The minimum absolute atomic E-state index is 0.292. The highest BCUT2D eigenvalue weighted by Crippen LogP contribution is 2.42. The highest BCUT2D eigenvalue weighted by molar-refractivity contribution is 6.21. The zero-order chi connectivity index (χ0) is 37.1. The maximum atomic E-state index is 7.85. The number of benzene rings is 7. The molecule has 0 aliphatic carbocycles. The molecule has 10 aromatic rings. The molecule has 0 radical (unpaired) electrons. The number of nitrogens with zero attached hydrogens (tertiary/aromatic N) is 3. The molecule has 0 aliphatic heterocycles. The number of rotatable bonds is 6. The van der Waals surface area contributed by atoms with Gasteiger partial charge in [-0.1, -0.05) is 157 Å². The molecule has 52 heavy (non-hydrogen) atoms. The van der Waals surface area contributed by atoms with E-state index in [2.05, 4.69) is 132 Å². The first-order valence-corrected chi connectivity index (χ1v) is 17.5. The van der Waals surface area contributed by atoms with Crippen LogP contribution >= 0.6 is 0 Å². The number of fused-ring (bicyclic) bond motifs is 6. The molecule has 0 saturated heterocycles. The van der Waals surface area contributed by atoms with Crippen molar-refractivity contribution in [2.24, 2.45) is 0 Å². The van der Waals surface area contributed by atoms with Crippen molar-refractivity contribution in [3.8, 4) is 44.9 Å². The van der Waals surface area contributed by atoms with E-state index in [0.717, 1.165) is 66.4 Å². The summed E-state index contributed by atoms with van der Waals surface area (Å²) in [4.78, 5) is 10.4. The normalized spacial score (nSPS) is 12.7. The highest BCUT2D eigenvalue weighted by atomic mass is 16.3. The molecule has 3 aromatic heterocycles. The van der Waals surface area contributed by atoms with Gasteiger partial charge in [0.1, 0.15) is 11.4 Å². The van der Waals surface area contributed by atoms with Gasteiger partial charge in [-0.2, -0.15) is 0 Å². The number of imidazole rings is 1. The number of furan rings is 1. The lowest BCUT2D eigenvalue weighted by Gasteiger charge is -2.18. The second kappa shape index (κ2) is 12.2. The Labute approximate surface area is 305 Å². The fraction of sp³-hybridized carbons (Fsp3) is 0.0417. The van der Waals surface area contributed by atoms with Crippen molar-refractivity contribution >= 4 is 43.9 Å². The number of aryl methyl sites for hydroxylation is 1. The molecule has 3 heterocycles. The largest absolute Gasteiger partial charge is 0.437 e. The van der Waals surface area contributed by atoms with Crippen LogP contribution in [0.2, 0.25) is 0 Å². The van der Waals surface area contributed by atoms with Gasteiger partial charge in [0, 0.05) is 20.4 Å². The summed E-state index contributed by atoms with van der Waals surface area (Å²) in [6, 6.07) is 57.4. The third kappa shape index (κ3) is 4.91. The topological polar surface area (TPSA) is 43.9 Å². The third-order valence-corrected chi connectivity index (χ3v) is 10.1. The second-order valence-corrected chi connectivity index (χ2v) is 13.1. The first-order chi connectivity index (χ1) is 26.9. The van der Waals surface area contributed by atoms with E-state index < -0.39 is 6.85 Å². The Bertz CT molecular complexity index is 2980. The van der Waals surface area contributed by atoms with Crippen LogP contribution in [-0.4, -0.2) is 14.5 Å². The number of para-hydroxylation sites is 3. The fourth-order valence-electron chi connectivity index (χ4n) is 7.67. The Balaban J connectivity index is 1.20. The molecule has 0 spiro atoms. The number of hydrogen-bond donors (Lipinski definition) is 0. The number of aromatic nitrogens is 3. The maximum absolute atomic E-state index is 7.85. The van der Waals surface area contributed by atoms with E-state index in [1.54, 1.807) is 12.1 Å². The highest BCUT2D eigenvalue weighted by Gasteiger charge is 2.23. The summed E-state index contributed by atoms with van der Waals surface area (Å²) < 4.78 is 32.7. The van der Waals surface area contributed by atoms with E-state index in [1.165, 1.54) is 16.7 Å². The van der Waals surface area contributed by atoms with Crippen molar-refractivity contribution in [3.63, 3.8) is 0 Å². The van der Waals surface area contributed by atoms with E-state index in [9.17, 15) is 0 Å². The van der Waals surface area contributed by atoms with Gasteiger partial charge < -0.3 is 8.98 Å². The standard InChI is InChI=1S/C48H33N3O/c1-31-26-28-34(29-27-31)45-38-19-9-8-18-37(38)44-39-22-13-23-40(46(39)52-48(44)50-45)47-49-42-24-10-11-25-43(42)51(47)30-41-35(32-14-4-2-5-15-32)20-12-21-36(41)33-16-6-3-7-17-33/h2-29H,30H2,1H3/i1D3. The Morgan fingerprint density at radius 1 is 0.538 bits per heavy atom. The molecule has 10 rings (SSSR count). The van der Waals surface area contributed by atoms with Crippen molar-refractivity contribution < 1.29 is 8.53 Å². The van der Waals surface area contributed by atoms with Crippen LogP contribution in [0.15, 0.2) is 174 Å². The molecule has 7 aromatic carbocycles. The number of hydrogen-bond acceptors (Lipinski definition) is 3. The lowest BCUT2D eigenvalue weighted by molar-refractivity contribution is 0.655. The molecule has 0 bridgehead atoms. The molecule has 0 saturated carbocycles. The van der Waals surface area contributed by atoms with Gasteiger partial charge in [-0.3, -0.25) is 0 Å². The van der Waals surface area contributed by atoms with Gasteiger partial charge in [-0.05, 0) is 58.3 Å². The van der Waals surface area contributed by atoms with Crippen LogP contribution in [0.1, 0.15) is 15.2 Å². The summed E-state index contributed by atoms with van der Waals surface area (Å²) in [5.74, 6) is 0.803. The lowest BCUT2D eigenvalue weighted by atomic mass is 9.91. The molecule has 0 fully saturated rings. The van der Waals surface area contributed by atoms with Gasteiger partial charge in [0.25, 0.3) is 0 Å². The Morgan fingerprint density at radius 2 is 1.15 bits per heavy atom. The van der Waals surface area contributed by atoms with Crippen molar-refractivity contribution in [1.82, 2.24) is 14.5 Å². The smallest absolute Gasteiger partial charge is 0.228 e. The summed E-state index contributed by atoms with van der Waals surface area (Å²) in [6.45, 7) is -1.62. The maximum Gasteiger partial charge on any atom is 0.228 e. The van der Waals surface area contributed by atoms with Gasteiger partial charge in [0.15, 0.2) is 0 Å². The molecule has 0 amide bonds. The Kier molecular flexibility index (Phi) is 6.35. The van der Waals surface area contributed by atoms with Crippen LogP contribution in [0.25, 0.3) is 88.8 Å².